The number of phenolic OH excluding ortho intramolecular Hbond substituents is 1. The molecular weight excluding hydrogens is 488 g/mol. The minimum atomic E-state index is -4.97. The molecule has 0 unspecified atom stereocenters. The molecule has 0 amide bonds. The van der Waals surface area contributed by atoms with E-state index in [0.29, 0.717) is 18.3 Å². The zero-order chi connectivity index (χ0) is 25.4. The quantitative estimate of drug-likeness (QED) is 0.342. The first-order valence-corrected chi connectivity index (χ1v) is 11.9. The molecule has 3 nitrogen and oxygen atoms in total. The summed E-state index contributed by atoms with van der Waals surface area (Å²) in [7, 11) is 0. The van der Waals surface area contributed by atoms with Crippen molar-refractivity contribution in [3.05, 3.63) is 61.9 Å². The third-order valence-electron chi connectivity index (χ3n) is 5.70. The first-order chi connectivity index (χ1) is 15.8. The van der Waals surface area contributed by atoms with Gasteiger partial charge in [-0.3, -0.25) is 4.79 Å². The van der Waals surface area contributed by atoms with E-state index in [1.165, 1.54) is 30.3 Å². The largest absolute Gasteiger partial charge is 0.508 e. The molecule has 0 bridgehead atoms. The van der Waals surface area contributed by atoms with Crippen molar-refractivity contribution in [1.29, 1.82) is 0 Å². The highest BCUT2D eigenvalue weighted by Gasteiger charge is 2.40. The number of benzene rings is 2. The Morgan fingerprint density at radius 3 is 2.15 bits per heavy atom. The summed E-state index contributed by atoms with van der Waals surface area (Å²) in [6.45, 7) is 8.28. The Labute approximate surface area is 206 Å². The molecule has 0 saturated carbocycles. The zero-order valence-corrected chi connectivity index (χ0v) is 20.9. The van der Waals surface area contributed by atoms with Crippen LogP contribution in [0.2, 0.25) is 10.0 Å². The smallest absolute Gasteiger partial charge is 0.450 e. The molecule has 0 aliphatic rings. The molecule has 0 aliphatic heterocycles. The van der Waals surface area contributed by atoms with Crippen molar-refractivity contribution in [3.8, 4) is 16.9 Å². The van der Waals surface area contributed by atoms with Crippen LogP contribution in [0.1, 0.15) is 51.9 Å². The monoisotopic (exact) mass is 514 g/mol. The van der Waals surface area contributed by atoms with E-state index in [-0.39, 0.29) is 43.8 Å². The molecule has 8 heteroatoms. The van der Waals surface area contributed by atoms with Crippen LogP contribution in [0.5, 0.6) is 5.75 Å². The molecule has 0 atom stereocenters. The average Bonchev–Trinajstić information content (AvgIpc) is 2.69. The minimum absolute atomic E-state index is 0.0466. The number of alkyl halides is 3. The van der Waals surface area contributed by atoms with Gasteiger partial charge >= 0.3 is 6.18 Å². The SMILES string of the molecule is CC(C)CC(Cc1c(O)ccc2c(=O)c(-c3ccc(Cl)cc3Cl)c(C(F)(F)F)oc12)CC(C)C. The molecule has 3 rings (SSSR count). The first-order valence-electron chi connectivity index (χ1n) is 11.1. The van der Waals surface area contributed by atoms with Gasteiger partial charge in [0.1, 0.15) is 11.3 Å². The Bertz CT molecular complexity index is 1240. The summed E-state index contributed by atoms with van der Waals surface area (Å²) in [5.74, 6) is -0.833. The Morgan fingerprint density at radius 1 is 1.00 bits per heavy atom. The van der Waals surface area contributed by atoms with E-state index in [4.69, 9.17) is 27.6 Å². The maximum absolute atomic E-state index is 14.1. The third kappa shape index (κ3) is 5.72. The van der Waals surface area contributed by atoms with Crippen molar-refractivity contribution in [2.45, 2.75) is 53.1 Å². The van der Waals surface area contributed by atoms with Crippen LogP contribution >= 0.6 is 23.2 Å². The van der Waals surface area contributed by atoms with Crippen molar-refractivity contribution in [3.63, 3.8) is 0 Å². The summed E-state index contributed by atoms with van der Waals surface area (Å²) in [6, 6.07) is 6.51. The van der Waals surface area contributed by atoms with Crippen LogP contribution in [0.15, 0.2) is 39.5 Å². The van der Waals surface area contributed by atoms with Crippen molar-refractivity contribution in [2.75, 3.05) is 0 Å². The van der Waals surface area contributed by atoms with Gasteiger partial charge in [-0.1, -0.05) is 57.0 Å². The molecule has 3 aromatic rings. The summed E-state index contributed by atoms with van der Waals surface area (Å²) in [6.07, 6.45) is -3.03. The fourth-order valence-corrected chi connectivity index (χ4v) is 5.03. The standard InChI is InChI=1S/C26H27Cl2F3O3/c1-13(2)9-15(10-14(3)4)11-19-21(32)8-7-18-23(33)22(17-6-5-16(27)12-20(17)28)25(26(29,30)31)34-24(18)19/h5-8,12-15,32H,9-11H2,1-4H3. The summed E-state index contributed by atoms with van der Waals surface area (Å²) in [5.41, 5.74) is -1.72. The Kier molecular flexibility index (Phi) is 7.93. The van der Waals surface area contributed by atoms with Gasteiger partial charge in [0, 0.05) is 16.1 Å². The van der Waals surface area contributed by atoms with Crippen molar-refractivity contribution >= 4 is 34.2 Å². The number of aromatic hydroxyl groups is 1. The van der Waals surface area contributed by atoms with E-state index < -0.39 is 22.9 Å². The van der Waals surface area contributed by atoms with Crippen molar-refractivity contribution < 1.29 is 22.7 Å². The van der Waals surface area contributed by atoms with Crippen molar-refractivity contribution in [2.24, 2.45) is 17.8 Å². The van der Waals surface area contributed by atoms with Crippen LogP contribution in [0.25, 0.3) is 22.1 Å². The molecule has 1 N–H and O–H groups in total. The lowest BCUT2D eigenvalue weighted by Crippen LogP contribution is -2.17. The van der Waals surface area contributed by atoms with Crippen LogP contribution in [-0.2, 0) is 12.6 Å². The van der Waals surface area contributed by atoms with Gasteiger partial charge in [0.05, 0.1) is 16.0 Å². The molecule has 0 spiro atoms. The summed E-state index contributed by atoms with van der Waals surface area (Å²) >= 11 is 12.1. The first kappa shape index (κ1) is 26.4. The highest BCUT2D eigenvalue weighted by atomic mass is 35.5. The molecule has 0 radical (unpaired) electrons. The van der Waals surface area contributed by atoms with E-state index in [2.05, 4.69) is 27.7 Å². The molecular formula is C26H27Cl2F3O3. The Hall–Kier alpha value is -2.18. The molecule has 184 valence electrons. The summed E-state index contributed by atoms with van der Waals surface area (Å²) < 4.78 is 47.8. The second-order valence-electron chi connectivity index (χ2n) is 9.53. The number of fused-ring (bicyclic) bond motifs is 1. The Morgan fingerprint density at radius 2 is 1.62 bits per heavy atom. The lowest BCUT2D eigenvalue weighted by atomic mass is 9.84. The third-order valence-corrected chi connectivity index (χ3v) is 6.25. The zero-order valence-electron chi connectivity index (χ0n) is 19.4. The highest BCUT2D eigenvalue weighted by molar-refractivity contribution is 6.36. The van der Waals surface area contributed by atoms with Crippen LogP contribution < -0.4 is 5.43 Å². The second-order valence-corrected chi connectivity index (χ2v) is 10.4. The van der Waals surface area contributed by atoms with Crippen molar-refractivity contribution in [1.82, 2.24) is 0 Å². The maximum atomic E-state index is 14.1. The molecule has 1 aromatic heterocycles. The molecule has 0 fully saturated rings. The number of phenols is 1. The summed E-state index contributed by atoms with van der Waals surface area (Å²) in [4.78, 5) is 13.4. The molecule has 0 aliphatic carbocycles. The molecule has 1 heterocycles. The van der Waals surface area contributed by atoms with Crippen LogP contribution in [0.3, 0.4) is 0 Å². The topological polar surface area (TPSA) is 50.4 Å². The second kappa shape index (κ2) is 10.2. The highest BCUT2D eigenvalue weighted by Crippen LogP contribution is 2.42. The lowest BCUT2D eigenvalue weighted by molar-refractivity contribution is -0.152. The van der Waals surface area contributed by atoms with Gasteiger partial charge in [-0.25, -0.2) is 0 Å². The van der Waals surface area contributed by atoms with Gasteiger partial charge < -0.3 is 9.52 Å². The number of halogens is 5. The van der Waals surface area contributed by atoms with Gasteiger partial charge in [-0.2, -0.15) is 13.2 Å². The van der Waals surface area contributed by atoms with E-state index >= 15 is 0 Å². The van der Waals surface area contributed by atoms with Crippen LogP contribution in [-0.4, -0.2) is 5.11 Å². The Balaban J connectivity index is 2.31. The van der Waals surface area contributed by atoms with E-state index in [0.717, 1.165) is 12.8 Å². The van der Waals surface area contributed by atoms with Gasteiger partial charge in [0.2, 0.25) is 11.2 Å². The number of hydrogen-bond donors (Lipinski definition) is 1. The molecule has 2 aromatic carbocycles. The van der Waals surface area contributed by atoms with Crippen LogP contribution in [0.4, 0.5) is 13.2 Å². The van der Waals surface area contributed by atoms with E-state index in [9.17, 15) is 23.1 Å². The maximum Gasteiger partial charge on any atom is 0.450 e. The van der Waals surface area contributed by atoms with Gasteiger partial charge in [0.25, 0.3) is 0 Å². The molecule has 0 saturated heterocycles. The number of rotatable bonds is 7. The molecule has 34 heavy (non-hydrogen) atoms. The van der Waals surface area contributed by atoms with Gasteiger partial charge in [-0.05, 0) is 61.3 Å². The fourth-order valence-electron chi connectivity index (χ4n) is 4.52. The fraction of sp³-hybridized carbons (Fsp3) is 0.423. The predicted octanol–water partition coefficient (Wildman–Crippen LogP) is 8.74. The average molecular weight is 515 g/mol. The van der Waals surface area contributed by atoms with E-state index in [1.807, 2.05) is 0 Å². The minimum Gasteiger partial charge on any atom is -0.508 e. The van der Waals surface area contributed by atoms with E-state index in [1.54, 1.807) is 0 Å². The summed E-state index contributed by atoms with van der Waals surface area (Å²) in [5, 5.41) is 10.7. The normalized spacial score (nSPS) is 12.5. The van der Waals surface area contributed by atoms with Gasteiger partial charge in [-0.15, -0.1) is 0 Å². The lowest BCUT2D eigenvalue weighted by Gasteiger charge is -2.22. The predicted molar refractivity (Wildman–Crippen MR) is 131 cm³/mol. The van der Waals surface area contributed by atoms with Crippen LogP contribution in [0, 0.1) is 17.8 Å². The number of hydrogen-bond acceptors (Lipinski definition) is 3. The van der Waals surface area contributed by atoms with Gasteiger partial charge in [0.15, 0.2) is 0 Å².